The van der Waals surface area contributed by atoms with Gasteiger partial charge in [0.05, 0.1) is 11.4 Å². The summed E-state index contributed by atoms with van der Waals surface area (Å²) < 4.78 is 13.4. The maximum atomic E-state index is 13.4. The molecule has 5 nitrogen and oxygen atoms in total. The van der Waals surface area contributed by atoms with Crippen molar-refractivity contribution in [3.05, 3.63) is 46.1 Å². The van der Waals surface area contributed by atoms with Gasteiger partial charge < -0.3 is 10.4 Å². The van der Waals surface area contributed by atoms with Crippen molar-refractivity contribution in [2.24, 2.45) is 0 Å². The molecule has 0 aromatic carbocycles. The van der Waals surface area contributed by atoms with Gasteiger partial charge >= 0.3 is 5.97 Å². The molecule has 0 saturated carbocycles. The minimum Gasteiger partial charge on any atom is -0.478 e. The first-order valence-electron chi connectivity index (χ1n) is 6.63. The Labute approximate surface area is 132 Å². The largest absolute Gasteiger partial charge is 0.478 e. The highest BCUT2D eigenvalue weighted by Crippen LogP contribution is 2.30. The summed E-state index contributed by atoms with van der Waals surface area (Å²) in [7, 11) is 0. The molecule has 2 aromatic heterocycles. The lowest BCUT2D eigenvalue weighted by Gasteiger charge is -2.17. The number of hydrogen-bond acceptors (Lipinski definition) is 4. The summed E-state index contributed by atoms with van der Waals surface area (Å²) >= 11 is 5.66. The van der Waals surface area contributed by atoms with Gasteiger partial charge in [0.15, 0.2) is 11.0 Å². The van der Waals surface area contributed by atoms with Crippen molar-refractivity contribution < 1.29 is 14.3 Å². The van der Waals surface area contributed by atoms with Crippen molar-refractivity contribution in [2.75, 3.05) is 5.32 Å². The number of hydrogen-bond donors (Lipinski definition) is 2. The first kappa shape index (κ1) is 16.2. The summed E-state index contributed by atoms with van der Waals surface area (Å²) in [4.78, 5) is 19.4. The van der Waals surface area contributed by atoms with Gasteiger partial charge in [-0.2, -0.15) is 0 Å². The SMILES string of the molecule is Cc1ccnc(C(C)C)c1Nc1nc(Cl)c(F)cc1C(=O)O. The predicted molar refractivity (Wildman–Crippen MR) is 82.5 cm³/mol. The highest BCUT2D eigenvalue weighted by atomic mass is 35.5. The Hall–Kier alpha value is -2.21. The Bertz CT molecular complexity index is 735. The maximum absolute atomic E-state index is 13.4. The molecular weight excluding hydrogens is 309 g/mol. The average molecular weight is 324 g/mol. The van der Waals surface area contributed by atoms with E-state index in [4.69, 9.17) is 11.6 Å². The van der Waals surface area contributed by atoms with Crippen LogP contribution in [0, 0.1) is 12.7 Å². The van der Waals surface area contributed by atoms with E-state index in [0.717, 1.165) is 17.3 Å². The minimum absolute atomic E-state index is 0.0168. The van der Waals surface area contributed by atoms with Gasteiger partial charge in [-0.15, -0.1) is 0 Å². The molecule has 116 valence electrons. The standard InChI is InChI=1S/C15H15ClFN3O2/c1-7(2)11-12(8(3)4-5-18-11)19-14-9(15(21)22)6-10(17)13(16)20-14/h4-7H,1-3H3,(H,19,20)(H,21,22). The predicted octanol–water partition coefficient (Wildman–Crippen LogP) is 4.14. The van der Waals surface area contributed by atoms with Crippen LogP contribution in [-0.4, -0.2) is 21.0 Å². The van der Waals surface area contributed by atoms with Crippen molar-refractivity contribution in [3.63, 3.8) is 0 Å². The Kier molecular flexibility index (Phi) is 4.61. The lowest BCUT2D eigenvalue weighted by molar-refractivity contribution is 0.0697. The van der Waals surface area contributed by atoms with Crippen molar-refractivity contribution in [1.29, 1.82) is 0 Å². The number of nitrogens with one attached hydrogen (secondary N) is 1. The zero-order chi connectivity index (χ0) is 16.4. The van der Waals surface area contributed by atoms with Gasteiger partial charge in [0, 0.05) is 6.20 Å². The molecule has 0 radical (unpaired) electrons. The molecule has 0 saturated heterocycles. The van der Waals surface area contributed by atoms with Crippen LogP contribution >= 0.6 is 11.6 Å². The second-order valence-corrected chi connectivity index (χ2v) is 5.49. The molecule has 2 aromatic rings. The molecule has 0 amide bonds. The van der Waals surface area contributed by atoms with Gasteiger partial charge in [0.1, 0.15) is 11.4 Å². The monoisotopic (exact) mass is 323 g/mol. The third-order valence-electron chi connectivity index (χ3n) is 3.14. The van der Waals surface area contributed by atoms with Gasteiger partial charge in [0.25, 0.3) is 0 Å². The lowest BCUT2D eigenvalue weighted by Crippen LogP contribution is -2.09. The molecule has 0 fully saturated rings. The highest BCUT2D eigenvalue weighted by molar-refractivity contribution is 6.29. The normalized spacial score (nSPS) is 10.8. The number of aryl methyl sites for hydroxylation is 1. The van der Waals surface area contributed by atoms with Crippen molar-refractivity contribution >= 4 is 29.1 Å². The quantitative estimate of drug-likeness (QED) is 0.827. The molecule has 0 unspecified atom stereocenters. The molecule has 0 aliphatic heterocycles. The van der Waals surface area contributed by atoms with Crippen LogP contribution in [0.15, 0.2) is 18.3 Å². The van der Waals surface area contributed by atoms with E-state index >= 15 is 0 Å². The van der Waals surface area contributed by atoms with Crippen LogP contribution in [0.1, 0.15) is 41.4 Å². The number of carboxylic acids is 1. The van der Waals surface area contributed by atoms with Gasteiger partial charge in [-0.05, 0) is 30.5 Å². The summed E-state index contributed by atoms with van der Waals surface area (Å²) in [6.07, 6.45) is 1.68. The van der Waals surface area contributed by atoms with Crippen LogP contribution in [0.4, 0.5) is 15.9 Å². The zero-order valence-electron chi connectivity index (χ0n) is 12.3. The Morgan fingerprint density at radius 2 is 2.14 bits per heavy atom. The fourth-order valence-corrected chi connectivity index (χ4v) is 2.16. The third-order valence-corrected chi connectivity index (χ3v) is 3.41. The van der Waals surface area contributed by atoms with E-state index in [0.29, 0.717) is 5.69 Å². The van der Waals surface area contributed by atoms with E-state index in [1.54, 1.807) is 12.3 Å². The second kappa shape index (κ2) is 6.27. The highest BCUT2D eigenvalue weighted by Gasteiger charge is 2.19. The van der Waals surface area contributed by atoms with E-state index in [1.165, 1.54) is 0 Å². The van der Waals surface area contributed by atoms with Gasteiger partial charge in [0.2, 0.25) is 0 Å². The van der Waals surface area contributed by atoms with E-state index in [9.17, 15) is 14.3 Å². The number of aromatic carboxylic acids is 1. The van der Waals surface area contributed by atoms with Gasteiger partial charge in [-0.25, -0.2) is 14.2 Å². The Balaban J connectivity index is 2.57. The fraction of sp³-hybridized carbons (Fsp3) is 0.267. The van der Waals surface area contributed by atoms with E-state index in [2.05, 4.69) is 15.3 Å². The molecule has 0 spiro atoms. The van der Waals surface area contributed by atoms with Gasteiger partial charge in [-0.1, -0.05) is 25.4 Å². The van der Waals surface area contributed by atoms with Crippen LogP contribution in [0.5, 0.6) is 0 Å². The molecule has 2 rings (SSSR count). The summed E-state index contributed by atoms with van der Waals surface area (Å²) in [6.45, 7) is 5.80. The number of aromatic nitrogens is 2. The molecule has 2 N–H and O–H groups in total. The molecule has 7 heteroatoms. The lowest BCUT2D eigenvalue weighted by atomic mass is 10.0. The summed E-state index contributed by atoms with van der Waals surface area (Å²) in [5.74, 6) is -2.07. The number of halogens is 2. The van der Waals surface area contributed by atoms with Crippen LogP contribution < -0.4 is 5.32 Å². The molecule has 2 heterocycles. The summed E-state index contributed by atoms with van der Waals surface area (Å²) in [5, 5.41) is 11.7. The number of pyridine rings is 2. The second-order valence-electron chi connectivity index (χ2n) is 5.13. The summed E-state index contributed by atoms with van der Waals surface area (Å²) in [6, 6.07) is 2.64. The summed E-state index contributed by atoms with van der Waals surface area (Å²) in [5.41, 5.74) is 1.99. The molecule has 0 aliphatic carbocycles. The smallest absolute Gasteiger partial charge is 0.339 e. The third kappa shape index (κ3) is 3.17. The average Bonchev–Trinajstić information content (AvgIpc) is 2.44. The topological polar surface area (TPSA) is 75.1 Å². The number of rotatable bonds is 4. The van der Waals surface area contributed by atoms with Gasteiger partial charge in [-0.3, -0.25) is 4.98 Å². The van der Waals surface area contributed by atoms with Crippen LogP contribution in [0.25, 0.3) is 0 Å². The number of anilines is 2. The first-order valence-corrected chi connectivity index (χ1v) is 7.01. The first-order chi connectivity index (χ1) is 10.3. The molecule has 0 aliphatic rings. The molecule has 22 heavy (non-hydrogen) atoms. The molecule has 0 bridgehead atoms. The van der Waals surface area contributed by atoms with Crippen molar-refractivity contribution in [3.8, 4) is 0 Å². The fourth-order valence-electron chi connectivity index (χ4n) is 2.02. The van der Waals surface area contributed by atoms with Crippen LogP contribution in [0.3, 0.4) is 0 Å². The maximum Gasteiger partial charge on any atom is 0.339 e. The van der Waals surface area contributed by atoms with Crippen LogP contribution in [-0.2, 0) is 0 Å². The van der Waals surface area contributed by atoms with E-state index < -0.39 is 11.8 Å². The van der Waals surface area contributed by atoms with Crippen LogP contribution in [0.2, 0.25) is 5.15 Å². The minimum atomic E-state index is -1.29. The zero-order valence-corrected chi connectivity index (χ0v) is 13.1. The number of carbonyl (C=O) groups is 1. The Morgan fingerprint density at radius 1 is 1.45 bits per heavy atom. The molecule has 0 atom stereocenters. The number of nitrogens with zero attached hydrogens (tertiary/aromatic N) is 2. The van der Waals surface area contributed by atoms with E-state index in [1.807, 2.05) is 20.8 Å². The van der Waals surface area contributed by atoms with Crippen molar-refractivity contribution in [1.82, 2.24) is 9.97 Å². The number of carboxylic acid groups (broad SMARTS) is 1. The van der Waals surface area contributed by atoms with E-state index in [-0.39, 0.29) is 22.5 Å². The van der Waals surface area contributed by atoms with Crippen molar-refractivity contribution in [2.45, 2.75) is 26.7 Å². The molecular formula is C15H15ClFN3O2. The Morgan fingerprint density at radius 3 is 2.73 bits per heavy atom.